The molecule has 3 amide bonds. The second-order valence-electron chi connectivity index (χ2n) is 6.76. The van der Waals surface area contributed by atoms with Crippen molar-refractivity contribution in [2.75, 3.05) is 40.3 Å². The van der Waals surface area contributed by atoms with Crippen molar-refractivity contribution in [3.8, 4) is 0 Å². The number of likely N-dealkylation sites (tertiary alicyclic amines) is 2. The molecule has 0 aliphatic carbocycles. The summed E-state index contributed by atoms with van der Waals surface area (Å²) in [6, 6.07) is 6.07. The summed E-state index contributed by atoms with van der Waals surface area (Å²) in [5.74, 6) is -0.0992. The van der Waals surface area contributed by atoms with E-state index in [1.165, 1.54) is 17.0 Å². The maximum atomic E-state index is 13.7. The Kier molecular flexibility index (Phi) is 4.45. The summed E-state index contributed by atoms with van der Waals surface area (Å²) in [5, 5.41) is 0. The highest BCUT2D eigenvalue weighted by molar-refractivity contribution is 5.79. The van der Waals surface area contributed by atoms with Gasteiger partial charge in [-0.05, 0) is 17.7 Å². The molecule has 2 aliphatic rings. The summed E-state index contributed by atoms with van der Waals surface area (Å²) >= 11 is 0. The molecule has 1 aromatic carbocycles. The highest BCUT2D eigenvalue weighted by Crippen LogP contribution is 2.45. The van der Waals surface area contributed by atoms with Crippen LogP contribution < -0.4 is 5.73 Å². The van der Waals surface area contributed by atoms with Crippen LogP contribution in [0.3, 0.4) is 0 Å². The van der Waals surface area contributed by atoms with Crippen molar-refractivity contribution in [1.82, 2.24) is 14.7 Å². The minimum atomic E-state index is -0.318. The second-order valence-corrected chi connectivity index (χ2v) is 6.76. The zero-order valence-corrected chi connectivity index (χ0v) is 14.0. The highest BCUT2D eigenvalue weighted by atomic mass is 19.1. The van der Waals surface area contributed by atoms with Crippen molar-refractivity contribution in [2.24, 2.45) is 17.6 Å². The van der Waals surface area contributed by atoms with Crippen molar-refractivity contribution in [2.45, 2.75) is 6.04 Å². The number of hydrogen-bond donors (Lipinski definition) is 1. The predicted octanol–water partition coefficient (Wildman–Crippen LogP) is 0.897. The molecule has 0 aromatic heterocycles. The first kappa shape index (κ1) is 16.7. The molecule has 7 heteroatoms. The van der Waals surface area contributed by atoms with Gasteiger partial charge < -0.3 is 20.4 Å². The van der Waals surface area contributed by atoms with E-state index in [1.807, 2.05) is 6.07 Å². The van der Waals surface area contributed by atoms with E-state index in [4.69, 9.17) is 5.73 Å². The molecule has 2 N–H and O–H groups in total. The topological polar surface area (TPSA) is 69.9 Å². The van der Waals surface area contributed by atoms with E-state index in [0.29, 0.717) is 19.6 Å². The SMILES string of the molecule is CN(C)C(=O)N1C[C@H]2CN(C(=O)CN)C[C@H]2[C@H]1c1cccc(F)c1. The molecule has 0 radical (unpaired) electrons. The molecule has 2 saturated heterocycles. The number of halogens is 1. The third-order valence-corrected chi connectivity index (χ3v) is 5.01. The summed E-state index contributed by atoms with van der Waals surface area (Å²) in [5.41, 5.74) is 6.25. The van der Waals surface area contributed by atoms with Gasteiger partial charge in [0, 0.05) is 45.6 Å². The summed E-state index contributed by atoms with van der Waals surface area (Å²) in [6.45, 7) is 1.71. The number of carbonyl (C=O) groups excluding carboxylic acids is 2. The van der Waals surface area contributed by atoms with E-state index in [9.17, 15) is 14.0 Å². The number of benzene rings is 1. The van der Waals surface area contributed by atoms with Crippen LogP contribution in [0.5, 0.6) is 0 Å². The van der Waals surface area contributed by atoms with Crippen molar-refractivity contribution in [3.05, 3.63) is 35.6 Å². The average molecular weight is 334 g/mol. The first-order valence-electron chi connectivity index (χ1n) is 8.13. The van der Waals surface area contributed by atoms with E-state index in [1.54, 1.807) is 30.0 Å². The lowest BCUT2D eigenvalue weighted by Crippen LogP contribution is -2.42. The zero-order valence-electron chi connectivity index (χ0n) is 14.0. The molecule has 130 valence electrons. The van der Waals surface area contributed by atoms with Gasteiger partial charge in [0.15, 0.2) is 0 Å². The minimum absolute atomic E-state index is 0.00951. The van der Waals surface area contributed by atoms with E-state index in [2.05, 4.69) is 0 Å². The standard InChI is InChI=1S/C17H23FN4O2/c1-20(2)17(24)22-9-12-8-21(15(23)7-19)10-14(12)16(22)11-4-3-5-13(18)6-11/h3-6,12,14,16H,7-10,19H2,1-2H3/t12-,14-,16-/m1/s1. The Balaban J connectivity index is 1.92. The number of hydrogen-bond acceptors (Lipinski definition) is 3. The van der Waals surface area contributed by atoms with Gasteiger partial charge in [-0.15, -0.1) is 0 Å². The average Bonchev–Trinajstić information content (AvgIpc) is 3.10. The molecule has 3 atom stereocenters. The van der Waals surface area contributed by atoms with Gasteiger partial charge in [-0.2, -0.15) is 0 Å². The lowest BCUT2D eigenvalue weighted by molar-refractivity contribution is -0.129. The maximum absolute atomic E-state index is 13.7. The van der Waals surface area contributed by atoms with Crippen LogP contribution in [0.2, 0.25) is 0 Å². The minimum Gasteiger partial charge on any atom is -0.341 e. The molecule has 0 spiro atoms. The van der Waals surface area contributed by atoms with Crippen molar-refractivity contribution >= 4 is 11.9 Å². The van der Waals surface area contributed by atoms with Crippen molar-refractivity contribution < 1.29 is 14.0 Å². The first-order chi connectivity index (χ1) is 11.4. The van der Waals surface area contributed by atoms with Gasteiger partial charge in [-0.25, -0.2) is 9.18 Å². The predicted molar refractivity (Wildman–Crippen MR) is 87.5 cm³/mol. The largest absolute Gasteiger partial charge is 0.341 e. The molecular formula is C17H23FN4O2. The molecule has 1 aromatic rings. The van der Waals surface area contributed by atoms with Crippen LogP contribution in [0, 0.1) is 17.7 Å². The Hall–Kier alpha value is -2.15. The number of rotatable bonds is 2. The third-order valence-electron chi connectivity index (χ3n) is 5.01. The van der Waals surface area contributed by atoms with Gasteiger partial charge in [-0.1, -0.05) is 12.1 Å². The number of carbonyl (C=O) groups is 2. The molecular weight excluding hydrogens is 311 g/mol. The quantitative estimate of drug-likeness (QED) is 0.873. The molecule has 0 bridgehead atoms. The Labute approximate surface area is 141 Å². The van der Waals surface area contributed by atoms with Gasteiger partial charge in [0.1, 0.15) is 5.82 Å². The number of amides is 3. The smallest absolute Gasteiger partial charge is 0.320 e. The highest BCUT2D eigenvalue weighted by Gasteiger charge is 2.50. The molecule has 24 heavy (non-hydrogen) atoms. The molecule has 3 rings (SSSR count). The molecule has 2 fully saturated rings. The number of fused-ring (bicyclic) bond motifs is 1. The Morgan fingerprint density at radius 3 is 2.67 bits per heavy atom. The van der Waals surface area contributed by atoms with Crippen LogP contribution in [-0.4, -0.2) is 66.9 Å². The third kappa shape index (κ3) is 2.84. The van der Waals surface area contributed by atoms with Crippen molar-refractivity contribution in [1.29, 1.82) is 0 Å². The van der Waals surface area contributed by atoms with Gasteiger partial charge >= 0.3 is 6.03 Å². The zero-order chi connectivity index (χ0) is 17.4. The van der Waals surface area contributed by atoms with E-state index in [0.717, 1.165) is 5.56 Å². The molecule has 6 nitrogen and oxygen atoms in total. The summed E-state index contributed by atoms with van der Waals surface area (Å²) < 4.78 is 13.7. The van der Waals surface area contributed by atoms with Gasteiger partial charge in [0.25, 0.3) is 0 Å². The molecule has 0 saturated carbocycles. The van der Waals surface area contributed by atoms with Gasteiger partial charge in [0.2, 0.25) is 5.91 Å². The van der Waals surface area contributed by atoms with E-state index >= 15 is 0 Å². The van der Waals surface area contributed by atoms with Crippen LogP contribution in [0.4, 0.5) is 9.18 Å². The maximum Gasteiger partial charge on any atom is 0.320 e. The summed E-state index contributed by atoms with van der Waals surface area (Å²) in [6.07, 6.45) is 0. The van der Waals surface area contributed by atoms with Crippen molar-refractivity contribution in [3.63, 3.8) is 0 Å². The normalized spacial score (nSPS) is 25.8. The van der Waals surface area contributed by atoms with Crippen LogP contribution >= 0.6 is 0 Å². The Bertz CT molecular complexity index is 651. The lowest BCUT2D eigenvalue weighted by atomic mass is 9.89. The van der Waals surface area contributed by atoms with Gasteiger partial charge in [-0.3, -0.25) is 4.79 Å². The number of nitrogens with two attached hydrogens (primary N) is 1. The lowest BCUT2D eigenvalue weighted by Gasteiger charge is -2.31. The fourth-order valence-electron chi connectivity index (χ4n) is 3.95. The van der Waals surface area contributed by atoms with E-state index < -0.39 is 0 Å². The fraction of sp³-hybridized carbons (Fsp3) is 0.529. The molecule has 2 heterocycles. The van der Waals surface area contributed by atoms with E-state index in [-0.39, 0.29) is 42.2 Å². The molecule has 0 unspecified atom stereocenters. The monoisotopic (exact) mass is 334 g/mol. The number of urea groups is 1. The number of nitrogens with zero attached hydrogens (tertiary/aromatic N) is 3. The Morgan fingerprint density at radius 1 is 1.29 bits per heavy atom. The second kappa shape index (κ2) is 6.39. The van der Waals surface area contributed by atoms with Crippen LogP contribution in [0.25, 0.3) is 0 Å². The summed E-state index contributed by atoms with van der Waals surface area (Å²) in [4.78, 5) is 29.6. The first-order valence-corrected chi connectivity index (χ1v) is 8.13. The van der Waals surface area contributed by atoms with Crippen LogP contribution in [-0.2, 0) is 4.79 Å². The summed E-state index contributed by atoms with van der Waals surface area (Å²) in [7, 11) is 3.42. The Morgan fingerprint density at radius 2 is 2.04 bits per heavy atom. The van der Waals surface area contributed by atoms with Gasteiger partial charge in [0.05, 0.1) is 12.6 Å². The fourth-order valence-corrected chi connectivity index (χ4v) is 3.95. The van der Waals surface area contributed by atoms with Crippen LogP contribution in [0.15, 0.2) is 24.3 Å². The molecule has 2 aliphatic heterocycles. The van der Waals surface area contributed by atoms with Crippen LogP contribution in [0.1, 0.15) is 11.6 Å².